The van der Waals surface area contributed by atoms with Gasteiger partial charge in [-0.1, -0.05) is 12.1 Å². The molecular formula is C18H17FN2O4. The minimum absolute atomic E-state index is 0.0495. The van der Waals surface area contributed by atoms with Gasteiger partial charge in [0, 0.05) is 6.42 Å². The van der Waals surface area contributed by atoms with E-state index in [-0.39, 0.29) is 31.9 Å². The van der Waals surface area contributed by atoms with Gasteiger partial charge in [0.1, 0.15) is 30.4 Å². The highest BCUT2D eigenvalue weighted by Gasteiger charge is 2.36. The summed E-state index contributed by atoms with van der Waals surface area (Å²) in [5.74, 6) is 0.449. The van der Waals surface area contributed by atoms with Crippen molar-refractivity contribution in [1.82, 2.24) is 4.90 Å². The fourth-order valence-corrected chi connectivity index (χ4v) is 2.83. The van der Waals surface area contributed by atoms with Crippen LogP contribution in [-0.4, -0.2) is 41.3 Å². The van der Waals surface area contributed by atoms with Gasteiger partial charge in [-0.15, -0.1) is 0 Å². The number of ether oxygens (including phenoxy) is 1. The van der Waals surface area contributed by atoms with E-state index in [1.165, 1.54) is 11.0 Å². The smallest absolute Gasteiger partial charge is 0.289 e. The van der Waals surface area contributed by atoms with Crippen LogP contribution in [0.1, 0.15) is 28.3 Å². The first-order valence-corrected chi connectivity index (χ1v) is 7.89. The third-order valence-electron chi connectivity index (χ3n) is 4.08. The third-order valence-corrected chi connectivity index (χ3v) is 4.08. The van der Waals surface area contributed by atoms with Gasteiger partial charge in [0.15, 0.2) is 5.76 Å². The highest BCUT2D eigenvalue weighted by molar-refractivity contribution is 5.92. The zero-order valence-electron chi connectivity index (χ0n) is 13.4. The zero-order chi connectivity index (χ0) is 17.8. The number of carbonyl (C=O) groups excluding carboxylic acids is 1. The molecule has 0 radical (unpaired) electrons. The van der Waals surface area contributed by atoms with E-state index in [0.717, 1.165) is 0 Å². The maximum absolute atomic E-state index is 13.5. The first kappa shape index (κ1) is 17.0. The molecule has 7 heteroatoms. The van der Waals surface area contributed by atoms with E-state index in [2.05, 4.69) is 0 Å². The Balaban J connectivity index is 1.66. The normalized spacial score (nSPS) is 19.6. The number of hydrogen-bond donors (Lipinski definition) is 1. The quantitative estimate of drug-likeness (QED) is 0.899. The molecule has 1 saturated heterocycles. The molecule has 1 aliphatic rings. The molecule has 1 fully saturated rings. The number of halogens is 1. The molecule has 1 aromatic heterocycles. The van der Waals surface area contributed by atoms with Gasteiger partial charge in [0.2, 0.25) is 0 Å². The molecule has 0 aliphatic carbocycles. The average Bonchev–Trinajstić information content (AvgIpc) is 3.26. The van der Waals surface area contributed by atoms with Crippen LogP contribution < -0.4 is 4.74 Å². The molecule has 3 rings (SSSR count). The zero-order valence-corrected chi connectivity index (χ0v) is 13.4. The highest BCUT2D eigenvalue weighted by Crippen LogP contribution is 2.24. The molecule has 0 spiro atoms. The molecule has 2 heterocycles. The monoisotopic (exact) mass is 344 g/mol. The van der Waals surface area contributed by atoms with Gasteiger partial charge in [-0.2, -0.15) is 5.26 Å². The summed E-state index contributed by atoms with van der Waals surface area (Å²) in [7, 11) is 0. The van der Waals surface area contributed by atoms with Crippen molar-refractivity contribution in [2.45, 2.75) is 25.2 Å². The van der Waals surface area contributed by atoms with Gasteiger partial charge in [-0.3, -0.25) is 4.79 Å². The van der Waals surface area contributed by atoms with Crippen LogP contribution in [0.25, 0.3) is 0 Å². The Labute approximate surface area is 144 Å². The second-order valence-corrected chi connectivity index (χ2v) is 5.79. The first-order chi connectivity index (χ1) is 12.1. The van der Waals surface area contributed by atoms with E-state index in [1.54, 1.807) is 30.3 Å². The van der Waals surface area contributed by atoms with Crippen LogP contribution in [0.3, 0.4) is 0 Å². The minimum Gasteiger partial charge on any atom is -0.484 e. The van der Waals surface area contributed by atoms with Crippen molar-refractivity contribution in [3.63, 3.8) is 0 Å². The van der Waals surface area contributed by atoms with Crippen molar-refractivity contribution < 1.29 is 23.4 Å². The SMILES string of the molecule is N#Cc1ccccc1OCc1ccc(C(=O)N2C[C@@H](F)C[C@H]2CO)o1. The van der Waals surface area contributed by atoms with Gasteiger partial charge in [0.05, 0.1) is 24.8 Å². The molecule has 6 nitrogen and oxygen atoms in total. The molecule has 0 saturated carbocycles. The number of nitriles is 1. The molecule has 1 amide bonds. The Morgan fingerprint density at radius 2 is 2.20 bits per heavy atom. The predicted molar refractivity (Wildman–Crippen MR) is 85.6 cm³/mol. The van der Waals surface area contributed by atoms with Gasteiger partial charge in [0.25, 0.3) is 5.91 Å². The number of hydrogen-bond acceptors (Lipinski definition) is 5. The van der Waals surface area contributed by atoms with Gasteiger partial charge in [-0.05, 0) is 24.3 Å². The Kier molecular flexibility index (Phi) is 5.00. The standard InChI is InChI=1S/C18H17FN2O4/c19-13-7-14(10-22)21(9-13)18(23)17-6-5-15(25-17)11-24-16-4-2-1-3-12(16)8-20/h1-6,13-14,22H,7,9-11H2/t13-,14-/m0/s1. The van der Waals surface area contributed by atoms with Gasteiger partial charge >= 0.3 is 0 Å². The molecule has 130 valence electrons. The highest BCUT2D eigenvalue weighted by atomic mass is 19.1. The number of rotatable bonds is 5. The van der Waals surface area contributed by atoms with Crippen LogP contribution >= 0.6 is 0 Å². The van der Waals surface area contributed by atoms with Crippen molar-refractivity contribution in [2.75, 3.05) is 13.2 Å². The number of aliphatic hydroxyl groups is 1. The summed E-state index contributed by atoms with van der Waals surface area (Å²) in [5.41, 5.74) is 0.405. The number of para-hydroxylation sites is 1. The predicted octanol–water partition coefficient (Wildman–Crippen LogP) is 2.28. The number of benzene rings is 1. The maximum Gasteiger partial charge on any atom is 0.289 e. The van der Waals surface area contributed by atoms with Crippen molar-refractivity contribution in [3.05, 3.63) is 53.5 Å². The number of carbonyl (C=O) groups is 1. The summed E-state index contributed by atoms with van der Waals surface area (Å²) in [5, 5.41) is 18.3. The summed E-state index contributed by atoms with van der Waals surface area (Å²) in [6, 6.07) is 11.4. The van der Waals surface area contributed by atoms with Crippen LogP contribution in [0.15, 0.2) is 40.8 Å². The molecule has 25 heavy (non-hydrogen) atoms. The van der Waals surface area contributed by atoms with E-state index in [9.17, 15) is 14.3 Å². The number of likely N-dealkylation sites (tertiary alicyclic amines) is 1. The summed E-state index contributed by atoms with van der Waals surface area (Å²) < 4.78 is 24.5. The van der Waals surface area contributed by atoms with E-state index in [4.69, 9.17) is 14.4 Å². The summed E-state index contributed by atoms with van der Waals surface area (Å²) in [6.07, 6.45) is -1.01. The Morgan fingerprint density at radius 3 is 2.96 bits per heavy atom. The van der Waals surface area contributed by atoms with Crippen LogP contribution in [-0.2, 0) is 6.61 Å². The Morgan fingerprint density at radius 1 is 1.40 bits per heavy atom. The van der Waals surface area contributed by atoms with Crippen molar-refractivity contribution in [2.24, 2.45) is 0 Å². The minimum atomic E-state index is -1.14. The second kappa shape index (κ2) is 7.36. The van der Waals surface area contributed by atoms with Crippen LogP contribution in [0.5, 0.6) is 5.75 Å². The molecule has 0 bridgehead atoms. The van der Waals surface area contributed by atoms with Gasteiger partial charge < -0.3 is 19.2 Å². The third kappa shape index (κ3) is 3.64. The number of aliphatic hydroxyl groups excluding tert-OH is 1. The van der Waals surface area contributed by atoms with E-state index in [0.29, 0.717) is 17.1 Å². The maximum atomic E-state index is 13.5. The lowest BCUT2D eigenvalue weighted by molar-refractivity contribution is 0.0637. The molecule has 1 aliphatic heterocycles. The average molecular weight is 344 g/mol. The molecule has 0 unspecified atom stereocenters. The van der Waals surface area contributed by atoms with E-state index < -0.39 is 18.1 Å². The lowest BCUT2D eigenvalue weighted by Crippen LogP contribution is -2.37. The number of amides is 1. The number of nitrogens with zero attached hydrogens (tertiary/aromatic N) is 2. The lowest BCUT2D eigenvalue weighted by Gasteiger charge is -2.21. The van der Waals surface area contributed by atoms with Gasteiger partial charge in [-0.25, -0.2) is 4.39 Å². The van der Waals surface area contributed by atoms with Crippen molar-refractivity contribution in [3.8, 4) is 11.8 Å². The second-order valence-electron chi connectivity index (χ2n) is 5.79. The summed E-state index contributed by atoms with van der Waals surface area (Å²) in [4.78, 5) is 13.7. The largest absolute Gasteiger partial charge is 0.484 e. The molecule has 1 aromatic carbocycles. The molecule has 2 atom stereocenters. The molecule has 1 N–H and O–H groups in total. The van der Waals surface area contributed by atoms with E-state index in [1.807, 2.05) is 6.07 Å². The Bertz CT molecular complexity index is 798. The summed E-state index contributed by atoms with van der Waals surface area (Å²) >= 11 is 0. The summed E-state index contributed by atoms with van der Waals surface area (Å²) in [6.45, 7) is -0.277. The lowest BCUT2D eigenvalue weighted by atomic mass is 10.2. The fourth-order valence-electron chi connectivity index (χ4n) is 2.83. The van der Waals surface area contributed by atoms with Crippen molar-refractivity contribution >= 4 is 5.91 Å². The van der Waals surface area contributed by atoms with Crippen LogP contribution in [0, 0.1) is 11.3 Å². The number of alkyl halides is 1. The first-order valence-electron chi connectivity index (χ1n) is 7.89. The number of furan rings is 1. The van der Waals surface area contributed by atoms with Crippen molar-refractivity contribution in [1.29, 1.82) is 5.26 Å². The molecular weight excluding hydrogens is 327 g/mol. The van der Waals surface area contributed by atoms with E-state index >= 15 is 0 Å². The molecule has 2 aromatic rings. The Hall–Kier alpha value is -2.85. The van der Waals surface area contributed by atoms with Crippen LogP contribution in [0.4, 0.5) is 4.39 Å². The fraction of sp³-hybridized carbons (Fsp3) is 0.333. The topological polar surface area (TPSA) is 86.7 Å². The van der Waals surface area contributed by atoms with Crippen LogP contribution in [0.2, 0.25) is 0 Å².